The van der Waals surface area contributed by atoms with Gasteiger partial charge in [0.15, 0.2) is 0 Å². The Hall–Kier alpha value is -1.31. The van der Waals surface area contributed by atoms with Crippen LogP contribution in [-0.2, 0) is 6.42 Å². The van der Waals surface area contributed by atoms with Crippen LogP contribution in [0.3, 0.4) is 0 Å². The maximum atomic E-state index is 12.5. The normalized spacial score (nSPS) is 16.1. The summed E-state index contributed by atoms with van der Waals surface area (Å²) in [6.45, 7) is 9.44. The van der Waals surface area contributed by atoms with Gasteiger partial charge in [0.1, 0.15) is 0 Å². The fourth-order valence-electron chi connectivity index (χ4n) is 2.58. The van der Waals surface area contributed by atoms with Crippen LogP contribution in [0.5, 0.6) is 0 Å². The number of carbonyl (C=O) groups is 1. The number of nitrogens with zero attached hydrogens (tertiary/aromatic N) is 1. The predicted molar refractivity (Wildman–Crippen MR) is 75.0 cm³/mol. The number of fused-ring (bicyclic) bond motifs is 1. The number of benzene rings is 1. The van der Waals surface area contributed by atoms with Gasteiger partial charge in [-0.1, -0.05) is 26.0 Å². The van der Waals surface area contributed by atoms with E-state index < -0.39 is 0 Å². The highest BCUT2D eigenvalue weighted by Gasteiger charge is 2.24. The number of hydrogen-bond acceptors (Lipinski definition) is 1. The third-order valence-electron chi connectivity index (χ3n) is 3.76. The fraction of sp³-hybridized carbons (Fsp3) is 0.562. The molecule has 1 heterocycles. The van der Waals surface area contributed by atoms with Gasteiger partial charge >= 0.3 is 0 Å². The molecule has 1 aromatic carbocycles. The summed E-state index contributed by atoms with van der Waals surface area (Å²) in [6, 6.07) is 6.63. The first-order valence-corrected chi connectivity index (χ1v) is 6.94. The Balaban J connectivity index is 2.39. The Bertz CT molecular complexity index is 448. The van der Waals surface area contributed by atoms with Crippen LogP contribution >= 0.6 is 0 Å². The van der Waals surface area contributed by atoms with Crippen LogP contribution in [0.4, 0.5) is 0 Å². The molecule has 98 valence electrons. The van der Waals surface area contributed by atoms with Crippen LogP contribution in [0.25, 0.3) is 0 Å². The molecule has 1 aromatic rings. The SMILES string of the molecule is CC(C)c1ccc2c(c1)CCCN(C(C)C)C2=O. The van der Waals surface area contributed by atoms with E-state index in [0.29, 0.717) is 5.92 Å². The van der Waals surface area contributed by atoms with Crippen molar-refractivity contribution >= 4 is 5.91 Å². The third kappa shape index (κ3) is 2.43. The van der Waals surface area contributed by atoms with Crippen LogP contribution in [0.15, 0.2) is 18.2 Å². The minimum atomic E-state index is 0.202. The zero-order chi connectivity index (χ0) is 13.3. The van der Waals surface area contributed by atoms with E-state index in [1.807, 2.05) is 11.0 Å². The second-order valence-corrected chi connectivity index (χ2v) is 5.77. The molecule has 2 heteroatoms. The Morgan fingerprint density at radius 2 is 1.89 bits per heavy atom. The second-order valence-electron chi connectivity index (χ2n) is 5.77. The summed E-state index contributed by atoms with van der Waals surface area (Å²) >= 11 is 0. The molecule has 1 aliphatic heterocycles. The van der Waals surface area contributed by atoms with Crippen LogP contribution in [0.1, 0.15) is 61.5 Å². The molecular formula is C16H23NO. The van der Waals surface area contributed by atoms with E-state index in [-0.39, 0.29) is 11.9 Å². The smallest absolute Gasteiger partial charge is 0.254 e. The summed E-state index contributed by atoms with van der Waals surface area (Å²) in [6.07, 6.45) is 2.09. The van der Waals surface area contributed by atoms with Gasteiger partial charge in [0.2, 0.25) is 0 Å². The summed E-state index contributed by atoms with van der Waals surface area (Å²) in [7, 11) is 0. The first-order chi connectivity index (χ1) is 8.50. The molecule has 0 fully saturated rings. The van der Waals surface area contributed by atoms with Crippen molar-refractivity contribution in [1.82, 2.24) is 4.90 Å². The Labute approximate surface area is 110 Å². The quantitative estimate of drug-likeness (QED) is 0.779. The minimum Gasteiger partial charge on any atom is -0.336 e. The largest absolute Gasteiger partial charge is 0.336 e. The summed E-state index contributed by atoms with van der Waals surface area (Å²) in [5, 5.41) is 0. The van der Waals surface area contributed by atoms with Gasteiger partial charge in [-0.25, -0.2) is 0 Å². The summed E-state index contributed by atoms with van der Waals surface area (Å²) in [5.74, 6) is 0.725. The lowest BCUT2D eigenvalue weighted by molar-refractivity contribution is 0.0712. The minimum absolute atomic E-state index is 0.202. The molecule has 0 aromatic heterocycles. The van der Waals surface area contributed by atoms with Crippen molar-refractivity contribution in [2.75, 3.05) is 6.54 Å². The standard InChI is InChI=1S/C16H23NO/c1-11(2)13-7-8-15-14(10-13)6-5-9-17(12(3)4)16(15)18/h7-8,10-12H,5-6,9H2,1-4H3. The highest BCUT2D eigenvalue weighted by Crippen LogP contribution is 2.24. The van der Waals surface area contributed by atoms with E-state index in [2.05, 4.69) is 39.8 Å². The van der Waals surface area contributed by atoms with Crippen LogP contribution in [0, 0.1) is 0 Å². The lowest BCUT2D eigenvalue weighted by Crippen LogP contribution is -2.36. The molecule has 2 rings (SSSR count). The zero-order valence-corrected chi connectivity index (χ0v) is 11.9. The fourth-order valence-corrected chi connectivity index (χ4v) is 2.58. The van der Waals surface area contributed by atoms with Crippen molar-refractivity contribution < 1.29 is 4.79 Å². The topological polar surface area (TPSA) is 20.3 Å². The maximum absolute atomic E-state index is 12.5. The molecule has 1 amide bonds. The zero-order valence-electron chi connectivity index (χ0n) is 11.9. The lowest BCUT2D eigenvalue weighted by atomic mass is 9.95. The first kappa shape index (κ1) is 13.1. The molecule has 0 radical (unpaired) electrons. The average Bonchev–Trinajstić information content (AvgIpc) is 2.48. The summed E-state index contributed by atoms with van der Waals surface area (Å²) in [4.78, 5) is 14.5. The third-order valence-corrected chi connectivity index (χ3v) is 3.76. The molecule has 0 spiro atoms. The number of aryl methyl sites for hydroxylation is 1. The van der Waals surface area contributed by atoms with Gasteiger partial charge < -0.3 is 4.90 Å². The summed E-state index contributed by atoms with van der Waals surface area (Å²) < 4.78 is 0. The second kappa shape index (κ2) is 5.13. The van der Waals surface area contributed by atoms with Crippen molar-refractivity contribution in [2.24, 2.45) is 0 Å². The van der Waals surface area contributed by atoms with Gasteiger partial charge in [-0.2, -0.15) is 0 Å². The Morgan fingerprint density at radius 3 is 2.50 bits per heavy atom. The number of carbonyl (C=O) groups excluding carboxylic acids is 1. The maximum Gasteiger partial charge on any atom is 0.254 e. The van der Waals surface area contributed by atoms with Gasteiger partial charge in [-0.05, 0) is 49.8 Å². The van der Waals surface area contributed by atoms with Crippen molar-refractivity contribution in [3.8, 4) is 0 Å². The molecule has 0 aliphatic carbocycles. The molecule has 0 unspecified atom stereocenters. The van der Waals surface area contributed by atoms with E-state index in [1.54, 1.807) is 0 Å². The van der Waals surface area contributed by atoms with Gasteiger partial charge in [-0.15, -0.1) is 0 Å². The molecule has 0 saturated heterocycles. The summed E-state index contributed by atoms with van der Waals surface area (Å²) in [5.41, 5.74) is 3.47. The van der Waals surface area contributed by atoms with E-state index in [1.165, 1.54) is 11.1 Å². The van der Waals surface area contributed by atoms with Crippen molar-refractivity contribution in [1.29, 1.82) is 0 Å². The number of hydrogen-bond donors (Lipinski definition) is 0. The van der Waals surface area contributed by atoms with Crippen LogP contribution < -0.4 is 0 Å². The lowest BCUT2D eigenvalue weighted by Gasteiger charge is -2.25. The highest BCUT2D eigenvalue weighted by molar-refractivity contribution is 5.96. The predicted octanol–water partition coefficient (Wildman–Crippen LogP) is 3.61. The molecule has 0 N–H and O–H groups in total. The molecular weight excluding hydrogens is 222 g/mol. The first-order valence-electron chi connectivity index (χ1n) is 6.94. The molecule has 1 aliphatic rings. The molecule has 18 heavy (non-hydrogen) atoms. The van der Waals surface area contributed by atoms with E-state index >= 15 is 0 Å². The van der Waals surface area contributed by atoms with Crippen molar-refractivity contribution in [2.45, 2.75) is 52.5 Å². The van der Waals surface area contributed by atoms with Crippen LogP contribution in [0.2, 0.25) is 0 Å². The van der Waals surface area contributed by atoms with E-state index in [9.17, 15) is 4.79 Å². The molecule has 2 nitrogen and oxygen atoms in total. The molecule has 0 bridgehead atoms. The van der Waals surface area contributed by atoms with Crippen molar-refractivity contribution in [3.63, 3.8) is 0 Å². The highest BCUT2D eigenvalue weighted by atomic mass is 16.2. The van der Waals surface area contributed by atoms with Gasteiger partial charge in [0, 0.05) is 18.2 Å². The monoisotopic (exact) mass is 245 g/mol. The van der Waals surface area contributed by atoms with Crippen LogP contribution in [-0.4, -0.2) is 23.4 Å². The number of amides is 1. The molecule has 0 atom stereocenters. The van der Waals surface area contributed by atoms with Gasteiger partial charge in [0.25, 0.3) is 5.91 Å². The Kier molecular flexibility index (Phi) is 3.74. The van der Waals surface area contributed by atoms with Crippen molar-refractivity contribution in [3.05, 3.63) is 34.9 Å². The van der Waals surface area contributed by atoms with E-state index in [0.717, 1.165) is 24.9 Å². The van der Waals surface area contributed by atoms with Gasteiger partial charge in [0.05, 0.1) is 0 Å². The average molecular weight is 245 g/mol. The van der Waals surface area contributed by atoms with Gasteiger partial charge in [-0.3, -0.25) is 4.79 Å². The molecule has 0 saturated carbocycles. The Morgan fingerprint density at radius 1 is 1.17 bits per heavy atom. The van der Waals surface area contributed by atoms with E-state index in [4.69, 9.17) is 0 Å². The number of rotatable bonds is 2.